The van der Waals surface area contributed by atoms with E-state index in [2.05, 4.69) is 29.9 Å². The van der Waals surface area contributed by atoms with Crippen molar-refractivity contribution in [1.82, 2.24) is 9.97 Å². The van der Waals surface area contributed by atoms with Gasteiger partial charge in [-0.15, -0.1) is 0 Å². The molecular formula is C19H22BFN2O. The monoisotopic (exact) mass is 324 g/mol. The molecule has 1 heterocycles. The van der Waals surface area contributed by atoms with Crippen molar-refractivity contribution in [3.05, 3.63) is 73.1 Å². The highest BCUT2D eigenvalue weighted by atomic mass is 19.1. The molecule has 0 atom stereocenters. The van der Waals surface area contributed by atoms with Crippen LogP contribution in [-0.2, 0) is 0 Å². The van der Waals surface area contributed by atoms with Crippen molar-refractivity contribution in [3.8, 4) is 5.75 Å². The van der Waals surface area contributed by atoms with Gasteiger partial charge in [-0.1, -0.05) is 55.5 Å². The van der Waals surface area contributed by atoms with Crippen LogP contribution in [0, 0.1) is 5.82 Å². The second-order valence-corrected chi connectivity index (χ2v) is 5.78. The minimum Gasteiger partial charge on any atom is -0.497 e. The molecule has 0 aliphatic carbocycles. The molecule has 0 fully saturated rings. The van der Waals surface area contributed by atoms with Gasteiger partial charge < -0.3 is 9.72 Å². The van der Waals surface area contributed by atoms with E-state index < -0.39 is 0 Å². The molecule has 0 saturated heterocycles. The number of ether oxygens (including phenoxy) is 1. The summed E-state index contributed by atoms with van der Waals surface area (Å²) in [5.41, 5.74) is 2.26. The highest BCUT2D eigenvalue weighted by Crippen LogP contribution is 2.15. The number of benzene rings is 2. The van der Waals surface area contributed by atoms with Gasteiger partial charge in [0.2, 0.25) is 6.71 Å². The van der Waals surface area contributed by atoms with Gasteiger partial charge >= 0.3 is 0 Å². The van der Waals surface area contributed by atoms with Gasteiger partial charge in [0, 0.05) is 12.4 Å². The van der Waals surface area contributed by atoms with E-state index in [1.165, 1.54) is 12.1 Å². The van der Waals surface area contributed by atoms with Crippen LogP contribution in [0.2, 0.25) is 5.82 Å². The molecule has 0 aliphatic heterocycles. The number of H-pyrrole nitrogens is 1. The van der Waals surface area contributed by atoms with Crippen molar-refractivity contribution >= 4 is 17.6 Å². The third-order valence-electron chi connectivity index (χ3n) is 3.78. The summed E-state index contributed by atoms with van der Waals surface area (Å²) in [6.07, 6.45) is 5.08. The predicted molar refractivity (Wildman–Crippen MR) is 98.1 cm³/mol. The molecule has 3 nitrogen and oxygen atoms in total. The average molecular weight is 324 g/mol. The van der Waals surface area contributed by atoms with Gasteiger partial charge in [0.05, 0.1) is 13.4 Å². The molecule has 5 heteroatoms. The molecule has 3 rings (SSSR count). The summed E-state index contributed by atoms with van der Waals surface area (Å²) in [6.45, 7) is 4.54. The van der Waals surface area contributed by atoms with Crippen LogP contribution >= 0.6 is 0 Å². The number of aromatic amines is 1. The van der Waals surface area contributed by atoms with Crippen LogP contribution in [0.5, 0.6) is 5.75 Å². The van der Waals surface area contributed by atoms with E-state index >= 15 is 0 Å². The Morgan fingerprint density at radius 3 is 2.29 bits per heavy atom. The van der Waals surface area contributed by atoms with Gasteiger partial charge in [-0.25, -0.2) is 9.37 Å². The highest BCUT2D eigenvalue weighted by Gasteiger charge is 2.25. The quantitative estimate of drug-likeness (QED) is 0.748. The number of imidazole rings is 1. The second kappa shape index (κ2) is 8.92. The average Bonchev–Trinajstić information content (AvgIpc) is 3.17. The zero-order chi connectivity index (χ0) is 17.4. The summed E-state index contributed by atoms with van der Waals surface area (Å²) in [5, 5.41) is 0. The first-order chi connectivity index (χ1) is 11.6. The summed E-state index contributed by atoms with van der Waals surface area (Å²) in [6, 6.07) is 14.8. The Labute approximate surface area is 143 Å². The summed E-state index contributed by atoms with van der Waals surface area (Å²) in [5.74, 6) is 1.08. The molecule has 0 spiro atoms. The van der Waals surface area contributed by atoms with Crippen molar-refractivity contribution < 1.29 is 9.13 Å². The number of rotatable bonds is 4. The molecule has 24 heavy (non-hydrogen) atoms. The topological polar surface area (TPSA) is 37.9 Å². The molecular weight excluding hydrogens is 302 g/mol. The molecule has 0 aliphatic rings. The zero-order valence-electron chi connectivity index (χ0n) is 14.2. The van der Waals surface area contributed by atoms with E-state index in [4.69, 9.17) is 4.74 Å². The Morgan fingerprint density at radius 2 is 1.79 bits per heavy atom. The maximum absolute atomic E-state index is 13.1. The Bertz CT molecular complexity index is 697. The van der Waals surface area contributed by atoms with Gasteiger partial charge in [-0.2, -0.15) is 0 Å². The van der Waals surface area contributed by atoms with Crippen molar-refractivity contribution in [3.63, 3.8) is 0 Å². The normalized spacial score (nSPS) is 10.0. The predicted octanol–water partition coefficient (Wildman–Crippen LogP) is 3.26. The fraction of sp³-hybridized carbons (Fsp3) is 0.211. The van der Waals surface area contributed by atoms with E-state index in [-0.39, 0.29) is 12.5 Å². The molecule has 3 aromatic rings. The molecule has 0 amide bonds. The largest absolute Gasteiger partial charge is 0.497 e. The number of hydrogen-bond acceptors (Lipinski definition) is 2. The lowest BCUT2D eigenvalue weighted by molar-refractivity contribution is 0.418. The molecule has 0 saturated carbocycles. The van der Waals surface area contributed by atoms with Crippen LogP contribution in [0.15, 0.2) is 67.3 Å². The van der Waals surface area contributed by atoms with Crippen molar-refractivity contribution in [2.75, 3.05) is 7.11 Å². The molecule has 0 radical (unpaired) electrons. The van der Waals surface area contributed by atoms with Crippen LogP contribution in [0.3, 0.4) is 0 Å². The third kappa shape index (κ3) is 4.72. The van der Waals surface area contributed by atoms with Crippen LogP contribution < -0.4 is 15.7 Å². The number of nitrogens with zero attached hydrogens (tertiary/aromatic N) is 1. The Morgan fingerprint density at radius 1 is 1.08 bits per heavy atom. The first-order valence-corrected chi connectivity index (χ1v) is 7.94. The minimum absolute atomic E-state index is 0.203. The molecule has 0 bridgehead atoms. The van der Waals surface area contributed by atoms with Crippen LogP contribution in [0.4, 0.5) is 4.39 Å². The fourth-order valence-electron chi connectivity index (χ4n) is 2.73. The number of para-hydroxylation sites is 1. The van der Waals surface area contributed by atoms with Crippen LogP contribution in [0.1, 0.15) is 13.8 Å². The van der Waals surface area contributed by atoms with E-state index in [9.17, 15) is 4.39 Å². The number of nitrogens with one attached hydrogen (secondary N) is 1. The number of aromatic nitrogens is 2. The Balaban J connectivity index is 0.000000355. The lowest BCUT2D eigenvalue weighted by atomic mass is 9.34. The van der Waals surface area contributed by atoms with E-state index in [1.807, 2.05) is 30.3 Å². The van der Waals surface area contributed by atoms with Crippen LogP contribution in [0.25, 0.3) is 0 Å². The Hall–Kier alpha value is -2.56. The lowest BCUT2D eigenvalue weighted by Gasteiger charge is -2.20. The standard InChI is InChI=1S/C16H18BFO.C3H4N2/c1-12(2)17(13-8-10-14(18)11-9-13)15-6-4-5-7-16(15)19-3;1-2-5-3-4-1/h4-12H,1-3H3;1-3H,(H,4,5). The first-order valence-electron chi connectivity index (χ1n) is 7.94. The molecule has 1 N–H and O–H groups in total. The molecule has 1 aromatic heterocycles. The number of hydrogen-bond donors (Lipinski definition) is 1. The Kier molecular flexibility index (Phi) is 6.61. The molecule has 124 valence electrons. The number of methoxy groups -OCH3 is 1. The van der Waals surface area contributed by atoms with Crippen molar-refractivity contribution in [2.45, 2.75) is 19.7 Å². The smallest absolute Gasteiger partial charge is 0.216 e. The summed E-state index contributed by atoms with van der Waals surface area (Å²) in [4.78, 5) is 6.42. The summed E-state index contributed by atoms with van der Waals surface area (Å²) >= 11 is 0. The second-order valence-electron chi connectivity index (χ2n) is 5.78. The molecule has 0 unspecified atom stereocenters. The first kappa shape index (κ1) is 17.8. The maximum atomic E-state index is 13.1. The maximum Gasteiger partial charge on any atom is 0.216 e. The summed E-state index contributed by atoms with van der Waals surface area (Å²) < 4.78 is 18.5. The van der Waals surface area contributed by atoms with E-state index in [0.717, 1.165) is 16.7 Å². The van der Waals surface area contributed by atoms with Gasteiger partial charge in [-0.3, -0.25) is 0 Å². The third-order valence-corrected chi connectivity index (χ3v) is 3.78. The van der Waals surface area contributed by atoms with E-state index in [0.29, 0.717) is 5.82 Å². The van der Waals surface area contributed by atoms with Gasteiger partial charge in [0.25, 0.3) is 0 Å². The lowest BCUT2D eigenvalue weighted by Crippen LogP contribution is -2.45. The van der Waals surface area contributed by atoms with Gasteiger partial charge in [-0.05, 0) is 23.7 Å². The van der Waals surface area contributed by atoms with Gasteiger partial charge in [0.15, 0.2) is 0 Å². The minimum atomic E-state index is -0.203. The van der Waals surface area contributed by atoms with Crippen molar-refractivity contribution in [2.24, 2.45) is 0 Å². The van der Waals surface area contributed by atoms with Crippen LogP contribution in [-0.4, -0.2) is 23.8 Å². The summed E-state index contributed by atoms with van der Waals surface area (Å²) in [7, 11) is 1.68. The fourth-order valence-corrected chi connectivity index (χ4v) is 2.73. The van der Waals surface area contributed by atoms with Gasteiger partial charge in [0.1, 0.15) is 11.6 Å². The zero-order valence-corrected chi connectivity index (χ0v) is 14.2. The molecule has 2 aromatic carbocycles. The SMILES string of the molecule is COc1ccccc1B(c1ccc(F)cc1)C(C)C.c1c[nH]cn1. The highest BCUT2D eigenvalue weighted by molar-refractivity contribution is 6.86. The van der Waals surface area contributed by atoms with Crippen molar-refractivity contribution in [1.29, 1.82) is 0 Å². The number of halogens is 1. The van der Waals surface area contributed by atoms with E-state index in [1.54, 1.807) is 25.8 Å².